The van der Waals surface area contributed by atoms with E-state index < -0.39 is 5.97 Å². The van der Waals surface area contributed by atoms with Crippen molar-refractivity contribution in [3.05, 3.63) is 71.8 Å². The van der Waals surface area contributed by atoms with Crippen molar-refractivity contribution in [1.82, 2.24) is 4.90 Å². The van der Waals surface area contributed by atoms with Crippen molar-refractivity contribution in [2.24, 2.45) is 11.8 Å². The molecule has 3 unspecified atom stereocenters. The molecule has 0 amide bonds. The molecule has 0 saturated heterocycles. The second kappa shape index (κ2) is 8.30. The molecule has 25 heavy (non-hydrogen) atoms. The summed E-state index contributed by atoms with van der Waals surface area (Å²) in [5.41, 5.74) is 2.61. The van der Waals surface area contributed by atoms with Crippen LogP contribution in [-0.4, -0.2) is 22.0 Å². The first kappa shape index (κ1) is 17.7. The summed E-state index contributed by atoms with van der Waals surface area (Å²) < 4.78 is 0. The van der Waals surface area contributed by atoms with Crippen LogP contribution in [0.5, 0.6) is 0 Å². The van der Waals surface area contributed by atoms with Crippen LogP contribution in [0.2, 0.25) is 0 Å². The minimum Gasteiger partial charge on any atom is -0.481 e. The molecule has 2 aromatic carbocycles. The zero-order valence-corrected chi connectivity index (χ0v) is 14.8. The number of aliphatic carboxylic acids is 1. The van der Waals surface area contributed by atoms with Gasteiger partial charge >= 0.3 is 5.97 Å². The minimum absolute atomic E-state index is 0.164. The van der Waals surface area contributed by atoms with E-state index >= 15 is 0 Å². The SMILES string of the molecule is CC(C1CCC(C(=O)O)C1)N(Cc1ccccc1)Cc1ccccc1. The number of hydrogen-bond acceptors (Lipinski definition) is 2. The van der Waals surface area contributed by atoms with Crippen LogP contribution in [-0.2, 0) is 17.9 Å². The van der Waals surface area contributed by atoms with Crippen LogP contribution in [0.4, 0.5) is 0 Å². The molecular weight excluding hydrogens is 310 g/mol. The van der Waals surface area contributed by atoms with Gasteiger partial charge in [0.2, 0.25) is 0 Å². The Hall–Kier alpha value is -2.13. The van der Waals surface area contributed by atoms with Gasteiger partial charge in [0.15, 0.2) is 0 Å². The minimum atomic E-state index is -0.632. The van der Waals surface area contributed by atoms with E-state index in [1.54, 1.807) is 0 Å². The fourth-order valence-electron chi connectivity index (χ4n) is 3.96. The Kier molecular flexibility index (Phi) is 5.87. The standard InChI is InChI=1S/C22H27NO2/c1-17(20-12-13-21(14-20)22(24)25)23(15-18-8-4-2-5-9-18)16-19-10-6-3-7-11-19/h2-11,17,20-21H,12-16H2,1H3,(H,24,25). The third-order valence-corrected chi connectivity index (χ3v) is 5.54. The van der Waals surface area contributed by atoms with Crippen molar-refractivity contribution in [1.29, 1.82) is 0 Å². The normalized spacial score (nSPS) is 21.4. The highest BCUT2D eigenvalue weighted by molar-refractivity contribution is 5.70. The van der Waals surface area contributed by atoms with Gasteiger partial charge in [-0.05, 0) is 43.2 Å². The average molecular weight is 337 g/mol. The second-order valence-corrected chi connectivity index (χ2v) is 7.23. The molecule has 3 rings (SSSR count). The van der Waals surface area contributed by atoms with Gasteiger partial charge < -0.3 is 5.11 Å². The molecular formula is C22H27NO2. The number of carbonyl (C=O) groups is 1. The lowest BCUT2D eigenvalue weighted by Gasteiger charge is -2.33. The summed E-state index contributed by atoms with van der Waals surface area (Å²) in [6.07, 6.45) is 2.63. The molecule has 0 bridgehead atoms. The van der Waals surface area contributed by atoms with Gasteiger partial charge in [-0.1, -0.05) is 60.7 Å². The molecule has 1 saturated carbocycles. The lowest BCUT2D eigenvalue weighted by Crippen LogP contribution is -2.37. The van der Waals surface area contributed by atoms with Gasteiger partial charge in [-0.15, -0.1) is 0 Å². The number of rotatable bonds is 7. The third kappa shape index (κ3) is 4.70. The van der Waals surface area contributed by atoms with E-state index in [9.17, 15) is 9.90 Å². The van der Waals surface area contributed by atoms with Gasteiger partial charge in [-0.25, -0.2) is 0 Å². The van der Waals surface area contributed by atoms with Crippen LogP contribution < -0.4 is 0 Å². The Morgan fingerprint density at radius 2 is 1.52 bits per heavy atom. The maximum absolute atomic E-state index is 11.3. The molecule has 0 aromatic heterocycles. The van der Waals surface area contributed by atoms with Crippen LogP contribution in [0.1, 0.15) is 37.3 Å². The Morgan fingerprint density at radius 1 is 1.00 bits per heavy atom. The Labute approximate surface area is 150 Å². The van der Waals surface area contributed by atoms with E-state index in [2.05, 4.69) is 60.4 Å². The van der Waals surface area contributed by atoms with E-state index in [1.165, 1.54) is 11.1 Å². The summed E-state index contributed by atoms with van der Waals surface area (Å²) >= 11 is 0. The molecule has 0 spiro atoms. The smallest absolute Gasteiger partial charge is 0.306 e. The molecule has 132 valence electrons. The van der Waals surface area contributed by atoms with Crippen molar-refractivity contribution in [3.8, 4) is 0 Å². The zero-order chi connectivity index (χ0) is 17.6. The Bertz CT molecular complexity index is 629. The lowest BCUT2D eigenvalue weighted by atomic mass is 9.95. The molecule has 0 aliphatic heterocycles. The molecule has 1 N–H and O–H groups in total. The Balaban J connectivity index is 1.74. The van der Waals surface area contributed by atoms with E-state index in [0.717, 1.165) is 32.4 Å². The quantitative estimate of drug-likeness (QED) is 0.804. The molecule has 0 heterocycles. The Morgan fingerprint density at radius 3 is 1.96 bits per heavy atom. The van der Waals surface area contributed by atoms with Gasteiger partial charge in [-0.3, -0.25) is 9.69 Å². The number of carboxylic acid groups (broad SMARTS) is 1. The second-order valence-electron chi connectivity index (χ2n) is 7.23. The van der Waals surface area contributed by atoms with E-state index in [-0.39, 0.29) is 5.92 Å². The van der Waals surface area contributed by atoms with Crippen molar-refractivity contribution in [3.63, 3.8) is 0 Å². The number of carboxylic acids is 1. The molecule has 3 atom stereocenters. The van der Waals surface area contributed by atoms with Crippen LogP contribution in [0, 0.1) is 11.8 Å². The van der Waals surface area contributed by atoms with Crippen LogP contribution in [0.15, 0.2) is 60.7 Å². The topological polar surface area (TPSA) is 40.5 Å². The zero-order valence-electron chi connectivity index (χ0n) is 14.8. The first-order chi connectivity index (χ1) is 12.1. The van der Waals surface area contributed by atoms with Gasteiger partial charge in [0, 0.05) is 19.1 Å². The summed E-state index contributed by atoms with van der Waals surface area (Å²) in [5, 5.41) is 9.31. The fraction of sp³-hybridized carbons (Fsp3) is 0.409. The van der Waals surface area contributed by atoms with Gasteiger partial charge in [0.05, 0.1) is 5.92 Å². The summed E-state index contributed by atoms with van der Waals surface area (Å²) in [4.78, 5) is 13.8. The monoisotopic (exact) mass is 337 g/mol. The molecule has 2 aromatic rings. The largest absolute Gasteiger partial charge is 0.481 e. The molecule has 0 radical (unpaired) electrons. The van der Waals surface area contributed by atoms with Crippen molar-refractivity contribution in [2.75, 3.05) is 0 Å². The average Bonchev–Trinajstić information content (AvgIpc) is 3.13. The third-order valence-electron chi connectivity index (χ3n) is 5.54. The number of benzene rings is 2. The summed E-state index contributed by atoms with van der Waals surface area (Å²) in [6.45, 7) is 4.05. The van der Waals surface area contributed by atoms with Crippen molar-refractivity contribution >= 4 is 5.97 Å². The highest BCUT2D eigenvalue weighted by atomic mass is 16.4. The summed E-state index contributed by atoms with van der Waals surface area (Å²) in [6, 6.07) is 21.4. The van der Waals surface area contributed by atoms with Crippen molar-refractivity contribution < 1.29 is 9.90 Å². The molecule has 3 nitrogen and oxygen atoms in total. The van der Waals surface area contributed by atoms with Crippen LogP contribution in [0.3, 0.4) is 0 Å². The van der Waals surface area contributed by atoms with Gasteiger partial charge in [-0.2, -0.15) is 0 Å². The molecule has 1 fully saturated rings. The van der Waals surface area contributed by atoms with E-state index in [1.807, 2.05) is 12.1 Å². The highest BCUT2D eigenvalue weighted by Crippen LogP contribution is 2.35. The molecule has 1 aliphatic carbocycles. The fourth-order valence-corrected chi connectivity index (χ4v) is 3.96. The van der Waals surface area contributed by atoms with Crippen molar-refractivity contribution in [2.45, 2.75) is 45.3 Å². The predicted octanol–water partition coefficient (Wildman–Crippen LogP) is 4.58. The van der Waals surface area contributed by atoms with Crippen LogP contribution >= 0.6 is 0 Å². The lowest BCUT2D eigenvalue weighted by molar-refractivity contribution is -0.141. The summed E-state index contributed by atoms with van der Waals surface area (Å²) in [7, 11) is 0. The first-order valence-electron chi connectivity index (χ1n) is 9.18. The predicted molar refractivity (Wildman–Crippen MR) is 100 cm³/mol. The summed E-state index contributed by atoms with van der Waals surface area (Å²) in [5.74, 6) is -0.344. The van der Waals surface area contributed by atoms with Gasteiger partial charge in [0.1, 0.15) is 0 Å². The first-order valence-corrected chi connectivity index (χ1v) is 9.18. The van der Waals surface area contributed by atoms with Gasteiger partial charge in [0.25, 0.3) is 0 Å². The van der Waals surface area contributed by atoms with E-state index in [0.29, 0.717) is 12.0 Å². The molecule has 3 heteroatoms. The maximum Gasteiger partial charge on any atom is 0.306 e. The van der Waals surface area contributed by atoms with Crippen LogP contribution in [0.25, 0.3) is 0 Å². The molecule has 1 aliphatic rings. The number of hydrogen-bond donors (Lipinski definition) is 1. The van der Waals surface area contributed by atoms with E-state index in [4.69, 9.17) is 0 Å². The highest BCUT2D eigenvalue weighted by Gasteiger charge is 2.34. The number of nitrogens with zero attached hydrogens (tertiary/aromatic N) is 1. The maximum atomic E-state index is 11.3.